The van der Waals surface area contributed by atoms with Gasteiger partial charge in [-0.15, -0.1) is 0 Å². The van der Waals surface area contributed by atoms with Crippen molar-refractivity contribution in [3.8, 4) is 0 Å². The molecule has 0 radical (unpaired) electrons. The summed E-state index contributed by atoms with van der Waals surface area (Å²) in [6.07, 6.45) is 0. The van der Waals surface area contributed by atoms with Crippen molar-refractivity contribution in [2.45, 2.75) is 26.4 Å². The van der Waals surface area contributed by atoms with Crippen LogP contribution in [0.3, 0.4) is 0 Å². The molecular formula is C11H14ClNO2. The number of esters is 1. The number of hydrogen-bond donors (Lipinski definition) is 1. The molecule has 0 aromatic heterocycles. The van der Waals surface area contributed by atoms with Gasteiger partial charge in [0.25, 0.3) is 0 Å². The highest BCUT2D eigenvalue weighted by Crippen LogP contribution is 2.19. The predicted molar refractivity (Wildman–Crippen MR) is 61.0 cm³/mol. The molecule has 0 unspecified atom stereocenters. The number of benzene rings is 1. The summed E-state index contributed by atoms with van der Waals surface area (Å²) in [6, 6.07) is 4.65. The SMILES string of the molecule is CC(C)(C)OC(=O)c1cc(N)cc(Cl)c1. The van der Waals surface area contributed by atoms with E-state index in [9.17, 15) is 4.79 Å². The first-order valence-electron chi connectivity index (χ1n) is 4.57. The van der Waals surface area contributed by atoms with Gasteiger partial charge >= 0.3 is 5.97 Å². The summed E-state index contributed by atoms with van der Waals surface area (Å²) < 4.78 is 5.18. The second-order valence-corrected chi connectivity index (χ2v) is 4.71. The molecule has 1 aromatic rings. The summed E-state index contributed by atoms with van der Waals surface area (Å²) in [5, 5.41) is 0.427. The molecule has 0 atom stereocenters. The summed E-state index contributed by atoms with van der Waals surface area (Å²) >= 11 is 5.78. The lowest BCUT2D eigenvalue weighted by molar-refractivity contribution is 0.00696. The van der Waals surface area contributed by atoms with Gasteiger partial charge in [0.15, 0.2) is 0 Å². The number of nitrogen functional groups attached to an aromatic ring is 1. The fourth-order valence-corrected chi connectivity index (χ4v) is 1.31. The third kappa shape index (κ3) is 3.80. The number of carbonyl (C=O) groups excluding carboxylic acids is 1. The molecule has 0 fully saturated rings. The molecule has 0 saturated carbocycles. The van der Waals surface area contributed by atoms with Crippen molar-refractivity contribution < 1.29 is 9.53 Å². The zero-order valence-electron chi connectivity index (χ0n) is 9.00. The molecule has 82 valence electrons. The Labute approximate surface area is 94.2 Å². The Morgan fingerprint density at radius 2 is 1.93 bits per heavy atom. The van der Waals surface area contributed by atoms with Crippen LogP contribution in [-0.2, 0) is 4.74 Å². The highest BCUT2D eigenvalue weighted by Gasteiger charge is 2.18. The van der Waals surface area contributed by atoms with Gasteiger partial charge in [0.05, 0.1) is 5.56 Å². The van der Waals surface area contributed by atoms with E-state index in [0.717, 1.165) is 0 Å². The van der Waals surface area contributed by atoms with Gasteiger partial charge in [-0.05, 0) is 39.0 Å². The zero-order chi connectivity index (χ0) is 11.6. The molecule has 0 amide bonds. The number of hydrogen-bond acceptors (Lipinski definition) is 3. The second-order valence-electron chi connectivity index (χ2n) is 4.28. The van der Waals surface area contributed by atoms with Crippen LogP contribution in [-0.4, -0.2) is 11.6 Å². The van der Waals surface area contributed by atoms with Crippen LogP contribution < -0.4 is 5.73 Å². The molecule has 15 heavy (non-hydrogen) atoms. The summed E-state index contributed by atoms with van der Waals surface area (Å²) in [5.74, 6) is -0.420. The van der Waals surface area contributed by atoms with E-state index in [2.05, 4.69) is 0 Å². The van der Waals surface area contributed by atoms with Crippen LogP contribution >= 0.6 is 11.6 Å². The quantitative estimate of drug-likeness (QED) is 0.593. The maximum Gasteiger partial charge on any atom is 0.338 e. The lowest BCUT2D eigenvalue weighted by Crippen LogP contribution is -2.23. The molecule has 0 aliphatic heterocycles. The van der Waals surface area contributed by atoms with E-state index in [-0.39, 0.29) is 0 Å². The molecule has 0 saturated heterocycles. The predicted octanol–water partition coefficient (Wildman–Crippen LogP) is 2.88. The monoisotopic (exact) mass is 227 g/mol. The molecule has 0 aliphatic carbocycles. The van der Waals surface area contributed by atoms with Gasteiger partial charge in [-0.2, -0.15) is 0 Å². The van der Waals surface area contributed by atoms with E-state index in [1.807, 2.05) is 0 Å². The van der Waals surface area contributed by atoms with Crippen LogP contribution in [0, 0.1) is 0 Å². The second kappa shape index (κ2) is 4.11. The standard InChI is InChI=1S/C11H14ClNO2/c1-11(2,3)15-10(14)7-4-8(12)6-9(13)5-7/h4-6H,13H2,1-3H3. The average molecular weight is 228 g/mol. The van der Waals surface area contributed by atoms with Crippen LogP contribution in [0.4, 0.5) is 5.69 Å². The Hall–Kier alpha value is -1.22. The van der Waals surface area contributed by atoms with Crippen molar-refractivity contribution in [2.24, 2.45) is 0 Å². The van der Waals surface area contributed by atoms with E-state index in [4.69, 9.17) is 22.1 Å². The van der Waals surface area contributed by atoms with Gasteiger partial charge in [0, 0.05) is 10.7 Å². The largest absolute Gasteiger partial charge is 0.456 e. The Morgan fingerprint density at radius 3 is 2.40 bits per heavy atom. The number of anilines is 1. The lowest BCUT2D eigenvalue weighted by Gasteiger charge is -2.19. The van der Waals surface area contributed by atoms with E-state index in [0.29, 0.717) is 16.3 Å². The first-order chi connectivity index (χ1) is 6.78. The van der Waals surface area contributed by atoms with Crippen molar-refractivity contribution >= 4 is 23.3 Å². The first kappa shape index (κ1) is 11.9. The summed E-state index contributed by atoms with van der Waals surface area (Å²) in [4.78, 5) is 11.6. The van der Waals surface area contributed by atoms with Gasteiger partial charge < -0.3 is 10.5 Å². The van der Waals surface area contributed by atoms with Gasteiger partial charge in [-0.3, -0.25) is 0 Å². The highest BCUT2D eigenvalue weighted by molar-refractivity contribution is 6.31. The minimum absolute atomic E-state index is 0.370. The molecule has 2 N–H and O–H groups in total. The van der Waals surface area contributed by atoms with E-state index < -0.39 is 11.6 Å². The van der Waals surface area contributed by atoms with Crippen LogP contribution in [0.2, 0.25) is 5.02 Å². The van der Waals surface area contributed by atoms with Crippen LogP contribution in [0.15, 0.2) is 18.2 Å². The molecule has 1 rings (SSSR count). The Morgan fingerprint density at radius 1 is 1.33 bits per heavy atom. The van der Waals surface area contributed by atoms with Crippen molar-refractivity contribution in [1.82, 2.24) is 0 Å². The maximum atomic E-state index is 11.6. The fourth-order valence-electron chi connectivity index (χ4n) is 1.07. The number of halogens is 1. The molecule has 3 nitrogen and oxygen atoms in total. The fraction of sp³-hybridized carbons (Fsp3) is 0.364. The summed E-state index contributed by atoms with van der Waals surface area (Å²) in [6.45, 7) is 5.41. The van der Waals surface area contributed by atoms with Gasteiger partial charge in [-0.25, -0.2) is 4.79 Å². The van der Waals surface area contributed by atoms with Crippen molar-refractivity contribution in [1.29, 1.82) is 0 Å². The Kier molecular flexibility index (Phi) is 3.25. The molecule has 0 heterocycles. The maximum absolute atomic E-state index is 11.6. The van der Waals surface area contributed by atoms with E-state index in [1.54, 1.807) is 32.9 Å². The minimum Gasteiger partial charge on any atom is -0.456 e. The Balaban J connectivity index is 2.92. The highest BCUT2D eigenvalue weighted by atomic mass is 35.5. The summed E-state index contributed by atoms with van der Waals surface area (Å²) in [7, 11) is 0. The normalized spacial score (nSPS) is 11.2. The number of ether oxygens (including phenoxy) is 1. The number of rotatable bonds is 1. The first-order valence-corrected chi connectivity index (χ1v) is 4.95. The van der Waals surface area contributed by atoms with Crippen molar-refractivity contribution in [2.75, 3.05) is 5.73 Å². The Bertz CT molecular complexity index is 362. The molecule has 0 aliphatic rings. The molecule has 0 bridgehead atoms. The van der Waals surface area contributed by atoms with Crippen LogP contribution in [0.1, 0.15) is 31.1 Å². The van der Waals surface area contributed by atoms with Crippen LogP contribution in [0.25, 0.3) is 0 Å². The number of carbonyl (C=O) groups is 1. The molecule has 0 spiro atoms. The average Bonchev–Trinajstić information content (AvgIpc) is 1.98. The summed E-state index contributed by atoms with van der Waals surface area (Å²) in [5.41, 5.74) is 5.87. The lowest BCUT2D eigenvalue weighted by atomic mass is 10.1. The van der Waals surface area contributed by atoms with E-state index >= 15 is 0 Å². The van der Waals surface area contributed by atoms with Gasteiger partial charge in [-0.1, -0.05) is 11.6 Å². The smallest absolute Gasteiger partial charge is 0.338 e. The molecular weight excluding hydrogens is 214 g/mol. The third-order valence-electron chi connectivity index (χ3n) is 1.55. The zero-order valence-corrected chi connectivity index (χ0v) is 9.76. The minimum atomic E-state index is -0.520. The van der Waals surface area contributed by atoms with Crippen molar-refractivity contribution in [3.63, 3.8) is 0 Å². The molecule has 4 heteroatoms. The van der Waals surface area contributed by atoms with Crippen molar-refractivity contribution in [3.05, 3.63) is 28.8 Å². The van der Waals surface area contributed by atoms with Crippen LogP contribution in [0.5, 0.6) is 0 Å². The van der Waals surface area contributed by atoms with Gasteiger partial charge in [0.1, 0.15) is 5.60 Å². The van der Waals surface area contributed by atoms with Gasteiger partial charge in [0.2, 0.25) is 0 Å². The number of nitrogens with two attached hydrogens (primary N) is 1. The van der Waals surface area contributed by atoms with E-state index in [1.165, 1.54) is 6.07 Å². The molecule has 1 aromatic carbocycles. The topological polar surface area (TPSA) is 52.3 Å². The third-order valence-corrected chi connectivity index (χ3v) is 1.77.